The third-order valence-electron chi connectivity index (χ3n) is 4.79. The van der Waals surface area contributed by atoms with E-state index in [-0.39, 0.29) is 4.90 Å². The Morgan fingerprint density at radius 2 is 1.81 bits per heavy atom. The Bertz CT molecular complexity index is 587. The molecule has 1 N–H and O–H groups in total. The molecule has 0 atom stereocenters. The summed E-state index contributed by atoms with van der Waals surface area (Å²) in [7, 11) is -3.44. The second-order valence-electron chi connectivity index (χ2n) is 5.97. The van der Waals surface area contributed by atoms with Crippen molar-refractivity contribution < 1.29 is 8.42 Å². The van der Waals surface area contributed by atoms with Crippen LogP contribution in [-0.4, -0.2) is 43.9 Å². The van der Waals surface area contributed by atoms with E-state index in [0.717, 1.165) is 38.8 Å². The SMILES string of the molecule is O=S(=O)(c1ccc(Cl)nc1)N1CCC2(CCNCC2)CC1. The fourth-order valence-electron chi connectivity index (χ4n) is 3.32. The lowest BCUT2D eigenvalue weighted by molar-refractivity contribution is 0.110. The van der Waals surface area contributed by atoms with Crippen LogP contribution in [0.3, 0.4) is 0 Å². The van der Waals surface area contributed by atoms with Crippen molar-refractivity contribution in [2.24, 2.45) is 5.41 Å². The molecule has 1 aromatic rings. The van der Waals surface area contributed by atoms with Gasteiger partial charge in [-0.1, -0.05) is 11.6 Å². The number of halogens is 1. The van der Waals surface area contributed by atoms with E-state index in [9.17, 15) is 8.42 Å². The molecule has 1 spiro atoms. The minimum atomic E-state index is -3.44. The largest absolute Gasteiger partial charge is 0.317 e. The van der Waals surface area contributed by atoms with Crippen LogP contribution < -0.4 is 5.32 Å². The summed E-state index contributed by atoms with van der Waals surface area (Å²) >= 11 is 5.72. The standard InChI is InChI=1S/C14H20ClN3O2S/c15-13-2-1-12(11-17-13)21(19,20)18-9-5-14(6-10-18)3-7-16-8-4-14/h1-2,11,16H,3-10H2. The Morgan fingerprint density at radius 1 is 1.14 bits per heavy atom. The molecular weight excluding hydrogens is 310 g/mol. The zero-order valence-corrected chi connectivity index (χ0v) is 13.5. The van der Waals surface area contributed by atoms with Gasteiger partial charge in [-0.25, -0.2) is 13.4 Å². The number of pyridine rings is 1. The number of hydrogen-bond donors (Lipinski definition) is 1. The molecule has 2 aliphatic rings. The second kappa shape index (κ2) is 5.83. The van der Waals surface area contributed by atoms with Gasteiger partial charge >= 0.3 is 0 Å². The molecule has 0 amide bonds. The second-order valence-corrected chi connectivity index (χ2v) is 8.30. The average molecular weight is 330 g/mol. The molecule has 0 radical (unpaired) electrons. The summed E-state index contributed by atoms with van der Waals surface area (Å²) in [6.07, 6.45) is 5.56. The summed E-state index contributed by atoms with van der Waals surface area (Å²) < 4.78 is 26.8. The van der Waals surface area contributed by atoms with Crippen molar-refractivity contribution in [2.75, 3.05) is 26.2 Å². The molecule has 2 aliphatic heterocycles. The van der Waals surface area contributed by atoms with E-state index in [1.165, 1.54) is 18.3 Å². The topological polar surface area (TPSA) is 62.3 Å². The van der Waals surface area contributed by atoms with Crippen LogP contribution in [0.15, 0.2) is 23.2 Å². The smallest absolute Gasteiger partial charge is 0.244 e. The van der Waals surface area contributed by atoms with Crippen molar-refractivity contribution in [1.29, 1.82) is 0 Å². The van der Waals surface area contributed by atoms with Gasteiger partial charge in [0.05, 0.1) is 0 Å². The highest BCUT2D eigenvalue weighted by Gasteiger charge is 2.39. The van der Waals surface area contributed by atoms with E-state index in [0.29, 0.717) is 23.7 Å². The summed E-state index contributed by atoms with van der Waals surface area (Å²) in [5.74, 6) is 0. The Balaban J connectivity index is 1.72. The first kappa shape index (κ1) is 15.2. The van der Waals surface area contributed by atoms with Gasteiger partial charge in [0, 0.05) is 19.3 Å². The Kier molecular flexibility index (Phi) is 4.23. The van der Waals surface area contributed by atoms with Crippen LogP contribution in [0.1, 0.15) is 25.7 Å². The summed E-state index contributed by atoms with van der Waals surface area (Å²) in [5, 5.41) is 3.68. The fraction of sp³-hybridized carbons (Fsp3) is 0.643. The first-order chi connectivity index (χ1) is 10.0. The van der Waals surface area contributed by atoms with E-state index in [1.807, 2.05) is 0 Å². The third kappa shape index (κ3) is 3.08. The molecule has 5 nitrogen and oxygen atoms in total. The van der Waals surface area contributed by atoms with Crippen LogP contribution in [0, 0.1) is 5.41 Å². The van der Waals surface area contributed by atoms with Gasteiger partial charge < -0.3 is 5.32 Å². The first-order valence-corrected chi connectivity index (χ1v) is 9.16. The number of sulfonamides is 1. The van der Waals surface area contributed by atoms with Gasteiger partial charge in [-0.15, -0.1) is 0 Å². The number of nitrogens with one attached hydrogen (secondary N) is 1. The van der Waals surface area contributed by atoms with Gasteiger partial charge in [0.15, 0.2) is 0 Å². The number of nitrogens with zero attached hydrogens (tertiary/aromatic N) is 2. The molecule has 2 saturated heterocycles. The van der Waals surface area contributed by atoms with Crippen LogP contribution in [-0.2, 0) is 10.0 Å². The molecule has 7 heteroatoms. The van der Waals surface area contributed by atoms with Crippen LogP contribution in [0.4, 0.5) is 0 Å². The van der Waals surface area contributed by atoms with Crippen molar-refractivity contribution in [3.8, 4) is 0 Å². The number of piperidine rings is 2. The molecular formula is C14H20ClN3O2S. The molecule has 0 unspecified atom stereocenters. The maximum absolute atomic E-state index is 12.6. The predicted molar refractivity (Wildman–Crippen MR) is 81.8 cm³/mol. The van der Waals surface area contributed by atoms with Crippen molar-refractivity contribution >= 4 is 21.6 Å². The van der Waals surface area contributed by atoms with Gasteiger partial charge in [0.1, 0.15) is 10.0 Å². The molecule has 0 aromatic carbocycles. The third-order valence-corrected chi connectivity index (χ3v) is 6.89. The molecule has 3 heterocycles. The van der Waals surface area contributed by atoms with E-state index in [2.05, 4.69) is 10.3 Å². The highest BCUT2D eigenvalue weighted by molar-refractivity contribution is 7.89. The Hall–Kier alpha value is -0.690. The molecule has 2 fully saturated rings. The van der Waals surface area contributed by atoms with Gasteiger partial charge in [0.25, 0.3) is 0 Å². The minimum Gasteiger partial charge on any atom is -0.317 e. The molecule has 21 heavy (non-hydrogen) atoms. The van der Waals surface area contributed by atoms with Gasteiger partial charge in [-0.05, 0) is 56.3 Å². The van der Waals surface area contributed by atoms with E-state index in [4.69, 9.17) is 11.6 Å². The Morgan fingerprint density at radius 3 is 2.38 bits per heavy atom. The molecule has 3 rings (SSSR count). The summed E-state index contributed by atoms with van der Waals surface area (Å²) in [5.41, 5.74) is 0.343. The summed E-state index contributed by atoms with van der Waals surface area (Å²) in [6, 6.07) is 3.05. The molecule has 116 valence electrons. The summed E-state index contributed by atoms with van der Waals surface area (Å²) in [6.45, 7) is 3.30. The van der Waals surface area contributed by atoms with E-state index in [1.54, 1.807) is 4.31 Å². The fourth-order valence-corrected chi connectivity index (χ4v) is 4.82. The Labute approximate surface area is 130 Å². The number of hydrogen-bond acceptors (Lipinski definition) is 4. The van der Waals surface area contributed by atoms with Crippen LogP contribution >= 0.6 is 11.6 Å². The van der Waals surface area contributed by atoms with E-state index < -0.39 is 10.0 Å². The van der Waals surface area contributed by atoms with Gasteiger partial charge in [-0.2, -0.15) is 4.31 Å². The lowest BCUT2D eigenvalue weighted by Gasteiger charge is -2.43. The molecule has 0 bridgehead atoms. The predicted octanol–water partition coefficient (Wildman–Crippen LogP) is 1.89. The van der Waals surface area contributed by atoms with Gasteiger partial charge in [0.2, 0.25) is 10.0 Å². The molecule has 0 saturated carbocycles. The molecule has 1 aromatic heterocycles. The average Bonchev–Trinajstić information content (AvgIpc) is 2.49. The highest BCUT2D eigenvalue weighted by atomic mass is 35.5. The monoisotopic (exact) mass is 329 g/mol. The maximum atomic E-state index is 12.6. The van der Waals surface area contributed by atoms with Crippen LogP contribution in [0.5, 0.6) is 0 Å². The minimum absolute atomic E-state index is 0.230. The van der Waals surface area contributed by atoms with Crippen molar-refractivity contribution in [3.05, 3.63) is 23.5 Å². The van der Waals surface area contributed by atoms with Gasteiger partial charge in [-0.3, -0.25) is 0 Å². The molecule has 0 aliphatic carbocycles. The van der Waals surface area contributed by atoms with Crippen LogP contribution in [0.25, 0.3) is 0 Å². The highest BCUT2D eigenvalue weighted by Crippen LogP contribution is 2.40. The zero-order valence-electron chi connectivity index (χ0n) is 11.9. The zero-order chi connectivity index (χ0) is 14.9. The lowest BCUT2D eigenvalue weighted by atomic mass is 9.72. The van der Waals surface area contributed by atoms with Crippen molar-refractivity contribution in [2.45, 2.75) is 30.6 Å². The first-order valence-electron chi connectivity index (χ1n) is 7.34. The number of aromatic nitrogens is 1. The van der Waals surface area contributed by atoms with Crippen LogP contribution in [0.2, 0.25) is 5.15 Å². The quantitative estimate of drug-likeness (QED) is 0.842. The number of rotatable bonds is 2. The lowest BCUT2D eigenvalue weighted by Crippen LogP contribution is -2.47. The van der Waals surface area contributed by atoms with Crippen molar-refractivity contribution in [1.82, 2.24) is 14.6 Å². The van der Waals surface area contributed by atoms with E-state index >= 15 is 0 Å². The normalized spacial score (nSPS) is 23.3. The maximum Gasteiger partial charge on any atom is 0.244 e. The van der Waals surface area contributed by atoms with Crippen molar-refractivity contribution in [3.63, 3.8) is 0 Å². The summed E-state index contributed by atoms with van der Waals surface area (Å²) in [4.78, 5) is 4.10.